The monoisotopic (exact) mass is 288 g/mol. The van der Waals surface area contributed by atoms with Crippen LogP contribution in [-0.4, -0.2) is 24.9 Å². The summed E-state index contributed by atoms with van der Waals surface area (Å²) in [5.74, 6) is 0.683. The van der Waals surface area contributed by atoms with Gasteiger partial charge < -0.3 is 10.2 Å². The lowest BCUT2D eigenvalue weighted by Crippen LogP contribution is -2.38. The van der Waals surface area contributed by atoms with Crippen LogP contribution in [0.5, 0.6) is 0 Å². The molecule has 1 aromatic rings. The number of nitrogens with one attached hydrogen (secondary N) is 1. The minimum Gasteiger partial charge on any atom is -0.354 e. The third kappa shape index (κ3) is 4.06. The van der Waals surface area contributed by atoms with Crippen LogP contribution in [0.1, 0.15) is 45.1 Å². The summed E-state index contributed by atoms with van der Waals surface area (Å²) in [6.45, 7) is 6.82. The minimum absolute atomic E-state index is 0.00349. The second kappa shape index (κ2) is 6.74. The number of nitrogens with zero attached hydrogens (tertiary/aromatic N) is 1. The van der Waals surface area contributed by atoms with E-state index in [4.69, 9.17) is 0 Å². The first kappa shape index (κ1) is 15.5. The van der Waals surface area contributed by atoms with Crippen LogP contribution >= 0.6 is 0 Å². The van der Waals surface area contributed by atoms with Gasteiger partial charge in [-0.1, -0.05) is 32.0 Å². The summed E-state index contributed by atoms with van der Waals surface area (Å²) in [6.07, 6.45) is 2.00. The summed E-state index contributed by atoms with van der Waals surface area (Å²) >= 11 is 0. The fraction of sp³-hybridized carbons (Fsp3) is 0.529. The lowest BCUT2D eigenvalue weighted by Gasteiger charge is -2.25. The van der Waals surface area contributed by atoms with Gasteiger partial charge in [-0.05, 0) is 30.4 Å². The number of amides is 2. The highest BCUT2D eigenvalue weighted by atomic mass is 16.2. The molecule has 4 heteroatoms. The fourth-order valence-electron chi connectivity index (χ4n) is 2.45. The highest BCUT2D eigenvalue weighted by Gasteiger charge is 2.29. The molecule has 0 aromatic heterocycles. The number of hydrogen-bond acceptors (Lipinski definition) is 2. The average Bonchev–Trinajstić information content (AvgIpc) is 3.27. The molecule has 1 aromatic carbocycles. The predicted octanol–water partition coefficient (Wildman–Crippen LogP) is 2.69. The Morgan fingerprint density at radius 1 is 1.29 bits per heavy atom. The van der Waals surface area contributed by atoms with Gasteiger partial charge in [-0.3, -0.25) is 9.59 Å². The van der Waals surface area contributed by atoms with Gasteiger partial charge in [-0.15, -0.1) is 0 Å². The second-order valence-corrected chi connectivity index (χ2v) is 5.95. The Labute approximate surface area is 126 Å². The van der Waals surface area contributed by atoms with Crippen molar-refractivity contribution in [1.29, 1.82) is 0 Å². The van der Waals surface area contributed by atoms with Crippen LogP contribution in [0.3, 0.4) is 0 Å². The quantitative estimate of drug-likeness (QED) is 0.875. The first-order valence-corrected chi connectivity index (χ1v) is 7.65. The van der Waals surface area contributed by atoms with Crippen molar-refractivity contribution in [2.45, 2.75) is 39.5 Å². The van der Waals surface area contributed by atoms with E-state index in [2.05, 4.69) is 25.2 Å². The summed E-state index contributed by atoms with van der Waals surface area (Å²) in [7, 11) is 0. The summed E-state index contributed by atoms with van der Waals surface area (Å²) in [5, 5.41) is 2.92. The van der Waals surface area contributed by atoms with Crippen LogP contribution in [0.4, 0.5) is 5.69 Å². The minimum atomic E-state index is 0.00349. The number of para-hydroxylation sites is 1. The zero-order valence-electron chi connectivity index (χ0n) is 13.1. The number of anilines is 1. The first-order valence-electron chi connectivity index (χ1n) is 7.65. The van der Waals surface area contributed by atoms with E-state index in [0.29, 0.717) is 19.0 Å². The standard InChI is InChI=1S/C17H24N2O2/c1-12(2)15-6-4-5-7-16(15)19(13(3)20)11-10-18-17(21)14-8-9-14/h4-7,12,14H,8-11H2,1-3H3,(H,18,21). The third-order valence-electron chi connectivity index (χ3n) is 3.81. The molecule has 1 saturated carbocycles. The molecule has 0 saturated heterocycles. The normalized spacial score (nSPS) is 14.1. The van der Waals surface area contributed by atoms with Gasteiger partial charge in [0, 0.05) is 31.6 Å². The zero-order valence-corrected chi connectivity index (χ0v) is 13.1. The molecule has 0 radical (unpaired) electrons. The van der Waals surface area contributed by atoms with Gasteiger partial charge in [0.2, 0.25) is 11.8 Å². The van der Waals surface area contributed by atoms with E-state index in [0.717, 1.165) is 24.1 Å². The average molecular weight is 288 g/mol. The van der Waals surface area contributed by atoms with Gasteiger partial charge in [0.25, 0.3) is 0 Å². The van der Waals surface area contributed by atoms with Gasteiger partial charge >= 0.3 is 0 Å². The molecule has 0 heterocycles. The largest absolute Gasteiger partial charge is 0.354 e. The molecule has 2 amide bonds. The molecule has 0 atom stereocenters. The molecule has 0 spiro atoms. The van der Waals surface area contributed by atoms with Crippen molar-refractivity contribution in [1.82, 2.24) is 5.32 Å². The van der Waals surface area contributed by atoms with Gasteiger partial charge in [0.05, 0.1) is 0 Å². The van der Waals surface area contributed by atoms with E-state index in [9.17, 15) is 9.59 Å². The molecule has 1 fully saturated rings. The molecule has 1 aliphatic carbocycles. The molecule has 4 nitrogen and oxygen atoms in total. The van der Waals surface area contributed by atoms with E-state index in [1.807, 2.05) is 18.2 Å². The van der Waals surface area contributed by atoms with Gasteiger partial charge in [-0.25, -0.2) is 0 Å². The Kier molecular flexibility index (Phi) is 4.99. The first-order chi connectivity index (χ1) is 10.0. The molecular formula is C17H24N2O2. The van der Waals surface area contributed by atoms with Crippen molar-refractivity contribution in [3.8, 4) is 0 Å². The van der Waals surface area contributed by atoms with E-state index in [1.165, 1.54) is 0 Å². The lowest BCUT2D eigenvalue weighted by atomic mass is 10.0. The summed E-state index contributed by atoms with van der Waals surface area (Å²) in [4.78, 5) is 25.4. The van der Waals surface area contributed by atoms with Crippen LogP contribution in [0, 0.1) is 5.92 Å². The Balaban J connectivity index is 2.04. The lowest BCUT2D eigenvalue weighted by molar-refractivity contribution is -0.122. The molecule has 0 bridgehead atoms. The Morgan fingerprint density at radius 2 is 1.95 bits per heavy atom. The van der Waals surface area contributed by atoms with Crippen LogP contribution in [0.15, 0.2) is 24.3 Å². The zero-order chi connectivity index (χ0) is 15.4. The fourth-order valence-corrected chi connectivity index (χ4v) is 2.45. The molecule has 1 aliphatic rings. The predicted molar refractivity (Wildman–Crippen MR) is 84.3 cm³/mol. The number of carbonyl (C=O) groups excluding carboxylic acids is 2. The number of benzene rings is 1. The van der Waals surface area contributed by atoms with Crippen LogP contribution in [0.2, 0.25) is 0 Å². The van der Waals surface area contributed by atoms with E-state index in [1.54, 1.807) is 11.8 Å². The third-order valence-corrected chi connectivity index (χ3v) is 3.81. The Bertz CT molecular complexity index is 521. The molecule has 0 unspecified atom stereocenters. The van der Waals surface area contributed by atoms with Crippen molar-refractivity contribution in [3.05, 3.63) is 29.8 Å². The maximum absolute atomic E-state index is 12.0. The maximum atomic E-state index is 12.0. The molecule has 0 aliphatic heterocycles. The van der Waals surface area contributed by atoms with Crippen molar-refractivity contribution in [2.75, 3.05) is 18.0 Å². The molecular weight excluding hydrogens is 264 g/mol. The number of carbonyl (C=O) groups is 2. The van der Waals surface area contributed by atoms with Gasteiger partial charge in [0.15, 0.2) is 0 Å². The second-order valence-electron chi connectivity index (χ2n) is 5.95. The molecule has 1 N–H and O–H groups in total. The van der Waals surface area contributed by atoms with Crippen LogP contribution in [-0.2, 0) is 9.59 Å². The highest BCUT2D eigenvalue weighted by molar-refractivity contribution is 5.92. The molecule has 21 heavy (non-hydrogen) atoms. The topological polar surface area (TPSA) is 49.4 Å². The molecule has 114 valence electrons. The van der Waals surface area contributed by atoms with Crippen molar-refractivity contribution in [2.24, 2.45) is 5.92 Å². The molecule has 2 rings (SSSR count). The summed E-state index contributed by atoms with van der Waals surface area (Å²) < 4.78 is 0. The number of rotatable bonds is 6. The van der Waals surface area contributed by atoms with E-state index >= 15 is 0 Å². The highest BCUT2D eigenvalue weighted by Crippen LogP contribution is 2.29. The van der Waals surface area contributed by atoms with Crippen LogP contribution < -0.4 is 10.2 Å². The van der Waals surface area contributed by atoms with Crippen LogP contribution in [0.25, 0.3) is 0 Å². The Hall–Kier alpha value is -1.84. The Morgan fingerprint density at radius 3 is 2.52 bits per heavy atom. The van der Waals surface area contributed by atoms with Gasteiger partial charge in [-0.2, -0.15) is 0 Å². The maximum Gasteiger partial charge on any atom is 0.223 e. The smallest absolute Gasteiger partial charge is 0.223 e. The summed E-state index contributed by atoms with van der Waals surface area (Å²) in [6, 6.07) is 7.96. The van der Waals surface area contributed by atoms with Crippen molar-refractivity contribution in [3.63, 3.8) is 0 Å². The SMILES string of the molecule is CC(=O)N(CCNC(=O)C1CC1)c1ccccc1C(C)C. The van der Waals surface area contributed by atoms with Crippen molar-refractivity contribution >= 4 is 17.5 Å². The van der Waals surface area contributed by atoms with E-state index < -0.39 is 0 Å². The summed E-state index contributed by atoms with van der Waals surface area (Å²) in [5.41, 5.74) is 2.10. The van der Waals surface area contributed by atoms with Gasteiger partial charge in [0.1, 0.15) is 0 Å². The number of hydrogen-bond donors (Lipinski definition) is 1. The van der Waals surface area contributed by atoms with Crippen molar-refractivity contribution < 1.29 is 9.59 Å². The van der Waals surface area contributed by atoms with E-state index in [-0.39, 0.29) is 17.7 Å².